The number of rotatable bonds is 5. The van der Waals surface area contributed by atoms with E-state index in [1.807, 2.05) is 36.8 Å². The summed E-state index contributed by atoms with van der Waals surface area (Å²) in [6.07, 6.45) is 5.73. The first-order valence-electron chi connectivity index (χ1n) is 20.5. The molecule has 0 saturated heterocycles. The maximum Gasteiger partial charge on any atom is 0.147 e. The molecule has 0 radical (unpaired) electrons. The zero-order chi connectivity index (χ0) is 40.0. The second-order valence-corrected chi connectivity index (χ2v) is 15.7. The maximum absolute atomic E-state index is 6.47. The Balaban J connectivity index is 1.02. The van der Waals surface area contributed by atoms with Crippen LogP contribution in [0.2, 0.25) is 0 Å². The van der Waals surface area contributed by atoms with Crippen LogP contribution in [0.15, 0.2) is 205 Å². The summed E-state index contributed by atoms with van der Waals surface area (Å²) in [6, 6.07) is 64.3. The second kappa shape index (κ2) is 13.1. The SMILES string of the molecule is c1ccc(-c2cc(-c3ccccc3)nc(-n3c4ccc(-c5ccc6oc7ccc(-n8c9ccccc9c9ccccc98)cc7c6c5)cc4c4c5cnccc5cnc43)c2)cc1. The lowest BCUT2D eigenvalue weighted by atomic mass is 10.00. The summed E-state index contributed by atoms with van der Waals surface area (Å²) in [5.41, 5.74) is 13.4. The van der Waals surface area contributed by atoms with Crippen LogP contribution in [0.4, 0.5) is 0 Å². The van der Waals surface area contributed by atoms with E-state index in [0.29, 0.717) is 0 Å². The van der Waals surface area contributed by atoms with Crippen LogP contribution in [0.1, 0.15) is 0 Å². The fourth-order valence-electron chi connectivity index (χ4n) is 9.40. The summed E-state index contributed by atoms with van der Waals surface area (Å²) >= 11 is 0. The molecule has 0 aliphatic carbocycles. The Labute approximate surface area is 349 Å². The van der Waals surface area contributed by atoms with Crippen LogP contribution in [-0.2, 0) is 0 Å². The van der Waals surface area contributed by atoms with Crippen molar-refractivity contribution >= 4 is 76.5 Å². The summed E-state index contributed by atoms with van der Waals surface area (Å²) in [5, 5.41) is 8.84. The Hall–Kier alpha value is -8.35. The average Bonchev–Trinajstić information content (AvgIpc) is 3.99. The standard InChI is InChI=1S/C55H33N5O/c1-3-11-34(12-4-1)39-29-47(35-13-5-2-6-14-35)58-53(30-39)60-50-22-19-36(28-45(50)54-46-33-56-26-25-38(46)32-57-55(54)60)37-20-23-51-43(27-37)44-31-40(21-24-52(44)61-51)59-48-17-9-7-15-41(48)42-16-8-10-18-49(42)59/h1-33H. The molecule has 6 aromatic heterocycles. The van der Waals surface area contributed by atoms with Crippen molar-refractivity contribution in [3.63, 3.8) is 0 Å². The molecule has 0 amide bonds. The lowest BCUT2D eigenvalue weighted by molar-refractivity contribution is 0.669. The Morgan fingerprint density at radius 1 is 0.410 bits per heavy atom. The van der Waals surface area contributed by atoms with Gasteiger partial charge in [0.05, 0.1) is 22.2 Å². The minimum atomic E-state index is 0.800. The monoisotopic (exact) mass is 779 g/mol. The minimum absolute atomic E-state index is 0.800. The highest BCUT2D eigenvalue weighted by atomic mass is 16.3. The van der Waals surface area contributed by atoms with E-state index in [1.165, 1.54) is 21.8 Å². The quantitative estimate of drug-likeness (QED) is 0.175. The Kier molecular flexibility index (Phi) is 7.21. The molecule has 0 fully saturated rings. The number of nitrogens with zero attached hydrogens (tertiary/aromatic N) is 5. The van der Waals surface area contributed by atoms with Crippen LogP contribution in [0.25, 0.3) is 121 Å². The molecule has 13 aromatic rings. The van der Waals surface area contributed by atoms with Gasteiger partial charge in [0.25, 0.3) is 0 Å². The molecule has 0 N–H and O–H groups in total. The fourth-order valence-corrected chi connectivity index (χ4v) is 9.40. The van der Waals surface area contributed by atoms with E-state index >= 15 is 0 Å². The molecule has 0 aliphatic heterocycles. The van der Waals surface area contributed by atoms with E-state index in [1.54, 1.807) is 0 Å². The lowest BCUT2D eigenvalue weighted by Gasteiger charge is -2.13. The summed E-state index contributed by atoms with van der Waals surface area (Å²) in [5.74, 6) is 0.800. The average molecular weight is 780 g/mol. The summed E-state index contributed by atoms with van der Waals surface area (Å²) in [7, 11) is 0. The predicted octanol–water partition coefficient (Wildman–Crippen LogP) is 14.1. The van der Waals surface area contributed by atoms with Gasteiger partial charge < -0.3 is 8.98 Å². The first-order chi connectivity index (χ1) is 30.2. The molecule has 6 heterocycles. The number of hydrogen-bond donors (Lipinski definition) is 0. The Bertz CT molecular complexity index is 3770. The topological polar surface area (TPSA) is 61.7 Å². The van der Waals surface area contributed by atoms with Gasteiger partial charge >= 0.3 is 0 Å². The van der Waals surface area contributed by atoms with Crippen LogP contribution in [0.3, 0.4) is 0 Å². The van der Waals surface area contributed by atoms with Gasteiger partial charge in [0.2, 0.25) is 0 Å². The molecule has 7 aromatic carbocycles. The Morgan fingerprint density at radius 2 is 1.05 bits per heavy atom. The molecule has 13 rings (SSSR count). The molecule has 284 valence electrons. The van der Waals surface area contributed by atoms with Gasteiger partial charge in [-0.1, -0.05) is 109 Å². The van der Waals surface area contributed by atoms with Gasteiger partial charge in [-0.15, -0.1) is 0 Å². The van der Waals surface area contributed by atoms with Gasteiger partial charge in [-0.25, -0.2) is 9.97 Å². The van der Waals surface area contributed by atoms with Crippen molar-refractivity contribution in [3.8, 4) is 45.0 Å². The van der Waals surface area contributed by atoms with Crippen molar-refractivity contribution in [1.82, 2.24) is 24.1 Å². The van der Waals surface area contributed by atoms with E-state index in [4.69, 9.17) is 14.4 Å². The highest BCUT2D eigenvalue weighted by Gasteiger charge is 2.21. The molecule has 0 atom stereocenters. The van der Waals surface area contributed by atoms with E-state index in [0.717, 1.165) is 99.7 Å². The van der Waals surface area contributed by atoms with Crippen molar-refractivity contribution in [3.05, 3.63) is 201 Å². The molecule has 6 heteroatoms. The van der Waals surface area contributed by atoms with E-state index in [9.17, 15) is 0 Å². The molecular weight excluding hydrogens is 747 g/mol. The number of aromatic nitrogens is 5. The van der Waals surface area contributed by atoms with Gasteiger partial charge in [-0.2, -0.15) is 0 Å². The molecule has 0 aliphatic rings. The van der Waals surface area contributed by atoms with Crippen molar-refractivity contribution < 1.29 is 4.42 Å². The number of furan rings is 1. The highest BCUT2D eigenvalue weighted by molar-refractivity contribution is 6.20. The summed E-state index contributed by atoms with van der Waals surface area (Å²) in [4.78, 5) is 15.1. The number of benzene rings is 7. The molecular formula is C55H33N5O. The van der Waals surface area contributed by atoms with Crippen LogP contribution < -0.4 is 0 Å². The largest absolute Gasteiger partial charge is 0.456 e. The third-order valence-electron chi connectivity index (χ3n) is 12.2. The van der Waals surface area contributed by atoms with E-state index in [2.05, 4.69) is 178 Å². The van der Waals surface area contributed by atoms with Gasteiger partial charge in [-0.05, 0) is 95.1 Å². The lowest BCUT2D eigenvalue weighted by Crippen LogP contribution is -2.01. The predicted molar refractivity (Wildman–Crippen MR) is 250 cm³/mol. The summed E-state index contributed by atoms with van der Waals surface area (Å²) in [6.45, 7) is 0. The van der Waals surface area contributed by atoms with Gasteiger partial charge in [-0.3, -0.25) is 9.55 Å². The van der Waals surface area contributed by atoms with Crippen molar-refractivity contribution in [2.24, 2.45) is 0 Å². The van der Waals surface area contributed by atoms with E-state index < -0.39 is 0 Å². The third kappa shape index (κ3) is 5.19. The van der Waals surface area contributed by atoms with Crippen LogP contribution in [0.5, 0.6) is 0 Å². The zero-order valence-electron chi connectivity index (χ0n) is 32.7. The van der Waals surface area contributed by atoms with Crippen molar-refractivity contribution in [1.29, 1.82) is 0 Å². The maximum atomic E-state index is 6.47. The second-order valence-electron chi connectivity index (χ2n) is 15.7. The molecule has 0 spiro atoms. The molecule has 0 unspecified atom stereocenters. The zero-order valence-corrected chi connectivity index (χ0v) is 32.7. The number of fused-ring (bicyclic) bond motifs is 11. The molecule has 61 heavy (non-hydrogen) atoms. The number of para-hydroxylation sites is 2. The van der Waals surface area contributed by atoms with Gasteiger partial charge in [0.1, 0.15) is 22.6 Å². The van der Waals surface area contributed by atoms with Gasteiger partial charge in [0.15, 0.2) is 0 Å². The highest BCUT2D eigenvalue weighted by Crippen LogP contribution is 2.41. The smallest absolute Gasteiger partial charge is 0.147 e. The summed E-state index contributed by atoms with van der Waals surface area (Å²) < 4.78 is 11.0. The molecule has 0 saturated carbocycles. The van der Waals surface area contributed by atoms with Crippen molar-refractivity contribution in [2.45, 2.75) is 0 Å². The van der Waals surface area contributed by atoms with Gasteiger partial charge in [0, 0.05) is 72.9 Å². The van der Waals surface area contributed by atoms with Crippen LogP contribution in [-0.4, -0.2) is 24.1 Å². The first kappa shape index (κ1) is 33.6. The van der Waals surface area contributed by atoms with Crippen LogP contribution >= 0.6 is 0 Å². The molecule has 0 bridgehead atoms. The molecule has 6 nitrogen and oxygen atoms in total. The minimum Gasteiger partial charge on any atom is -0.456 e. The Morgan fingerprint density at radius 3 is 1.82 bits per heavy atom. The van der Waals surface area contributed by atoms with Crippen molar-refractivity contribution in [2.75, 3.05) is 0 Å². The number of pyridine rings is 3. The van der Waals surface area contributed by atoms with E-state index in [-0.39, 0.29) is 0 Å². The van der Waals surface area contributed by atoms with Crippen LogP contribution in [0, 0.1) is 0 Å². The first-order valence-corrected chi connectivity index (χ1v) is 20.5. The normalized spacial score (nSPS) is 11.9. The fraction of sp³-hybridized carbons (Fsp3) is 0. The third-order valence-corrected chi connectivity index (χ3v) is 12.2. The number of hydrogen-bond acceptors (Lipinski definition) is 4.